The maximum absolute atomic E-state index is 13.0. The SMILES string of the molecule is CCC(C)C(NC(=O)C(CCSC)NC(=O)C(N)CCSC)C(=O)NC(CS)C(=O)O. The Bertz CT molecular complexity index is 597. The van der Waals surface area contributed by atoms with Crippen LogP contribution in [0.5, 0.6) is 0 Å². The van der Waals surface area contributed by atoms with Crippen molar-refractivity contribution >= 4 is 59.8 Å². The van der Waals surface area contributed by atoms with Crippen molar-refractivity contribution in [3.63, 3.8) is 0 Å². The van der Waals surface area contributed by atoms with E-state index in [1.165, 1.54) is 11.8 Å². The summed E-state index contributed by atoms with van der Waals surface area (Å²) < 4.78 is 0. The second-order valence-corrected chi connectivity index (χ2v) is 9.52. The van der Waals surface area contributed by atoms with E-state index in [0.717, 1.165) is 5.75 Å². The van der Waals surface area contributed by atoms with Crippen molar-refractivity contribution in [1.29, 1.82) is 0 Å². The molecule has 3 amide bonds. The fourth-order valence-electron chi connectivity index (χ4n) is 2.56. The first kappa shape index (κ1) is 29.9. The van der Waals surface area contributed by atoms with Crippen LogP contribution in [0.3, 0.4) is 0 Å². The van der Waals surface area contributed by atoms with Crippen LogP contribution in [0.25, 0.3) is 0 Å². The average molecular weight is 497 g/mol. The van der Waals surface area contributed by atoms with Crippen molar-refractivity contribution in [1.82, 2.24) is 16.0 Å². The van der Waals surface area contributed by atoms with E-state index in [-0.39, 0.29) is 11.7 Å². The number of carbonyl (C=O) groups is 4. The van der Waals surface area contributed by atoms with Crippen molar-refractivity contribution in [3.8, 4) is 0 Å². The van der Waals surface area contributed by atoms with Gasteiger partial charge in [0.25, 0.3) is 0 Å². The highest BCUT2D eigenvalue weighted by molar-refractivity contribution is 7.98. The Hall–Kier alpha value is -1.11. The molecule has 6 N–H and O–H groups in total. The number of carboxylic acid groups (broad SMARTS) is 1. The van der Waals surface area contributed by atoms with Crippen LogP contribution in [0.1, 0.15) is 33.1 Å². The number of carbonyl (C=O) groups excluding carboxylic acids is 3. The average Bonchev–Trinajstić information content (AvgIpc) is 2.75. The molecule has 9 nitrogen and oxygen atoms in total. The monoisotopic (exact) mass is 496 g/mol. The molecule has 5 unspecified atom stereocenters. The molecule has 12 heteroatoms. The molecule has 0 fully saturated rings. The van der Waals surface area contributed by atoms with E-state index >= 15 is 0 Å². The number of amides is 3. The zero-order valence-electron chi connectivity index (χ0n) is 18.6. The maximum Gasteiger partial charge on any atom is 0.327 e. The smallest absolute Gasteiger partial charge is 0.327 e. The highest BCUT2D eigenvalue weighted by atomic mass is 32.2. The van der Waals surface area contributed by atoms with Gasteiger partial charge in [0.1, 0.15) is 18.1 Å². The molecule has 0 saturated carbocycles. The number of rotatable bonds is 16. The Kier molecular flexibility index (Phi) is 15.9. The second-order valence-electron chi connectivity index (χ2n) is 7.18. The number of carboxylic acids is 1. The molecule has 0 aromatic carbocycles. The summed E-state index contributed by atoms with van der Waals surface area (Å²) in [6.45, 7) is 3.65. The van der Waals surface area contributed by atoms with E-state index in [1.807, 2.05) is 19.4 Å². The Morgan fingerprint density at radius 1 is 0.935 bits per heavy atom. The molecule has 0 aliphatic carbocycles. The minimum Gasteiger partial charge on any atom is -0.480 e. The lowest BCUT2D eigenvalue weighted by Gasteiger charge is -2.28. The maximum atomic E-state index is 13.0. The number of aliphatic carboxylic acids is 1. The van der Waals surface area contributed by atoms with Gasteiger partial charge in [-0.05, 0) is 42.8 Å². The van der Waals surface area contributed by atoms with Crippen LogP contribution in [-0.2, 0) is 19.2 Å². The summed E-state index contributed by atoms with van der Waals surface area (Å²) in [7, 11) is 0. The van der Waals surface area contributed by atoms with Gasteiger partial charge in [0.05, 0.1) is 6.04 Å². The number of hydrogen-bond acceptors (Lipinski definition) is 8. The van der Waals surface area contributed by atoms with Crippen molar-refractivity contribution < 1.29 is 24.3 Å². The summed E-state index contributed by atoms with van der Waals surface area (Å²) in [5.41, 5.74) is 5.91. The van der Waals surface area contributed by atoms with Gasteiger partial charge >= 0.3 is 5.97 Å². The topological polar surface area (TPSA) is 151 Å². The van der Waals surface area contributed by atoms with Gasteiger partial charge in [-0.3, -0.25) is 14.4 Å². The minimum absolute atomic E-state index is 0.0808. The van der Waals surface area contributed by atoms with Gasteiger partial charge in [-0.15, -0.1) is 0 Å². The fraction of sp³-hybridized carbons (Fsp3) is 0.789. The van der Waals surface area contributed by atoms with Gasteiger partial charge in [0, 0.05) is 5.75 Å². The second kappa shape index (κ2) is 16.5. The number of nitrogens with one attached hydrogen (secondary N) is 3. The Morgan fingerprint density at radius 2 is 1.48 bits per heavy atom. The van der Waals surface area contributed by atoms with Crippen LogP contribution in [0.2, 0.25) is 0 Å². The molecular weight excluding hydrogens is 460 g/mol. The highest BCUT2D eigenvalue weighted by Gasteiger charge is 2.32. The van der Waals surface area contributed by atoms with Gasteiger partial charge in [0.15, 0.2) is 0 Å². The lowest BCUT2D eigenvalue weighted by molar-refractivity contribution is -0.142. The van der Waals surface area contributed by atoms with Gasteiger partial charge in [-0.1, -0.05) is 20.3 Å². The molecule has 180 valence electrons. The Balaban J connectivity index is 5.36. The molecule has 0 aromatic rings. The first-order valence-corrected chi connectivity index (χ1v) is 13.5. The van der Waals surface area contributed by atoms with Crippen molar-refractivity contribution in [2.24, 2.45) is 11.7 Å². The number of thioether (sulfide) groups is 2. The van der Waals surface area contributed by atoms with Gasteiger partial charge in [0.2, 0.25) is 17.7 Å². The van der Waals surface area contributed by atoms with Crippen LogP contribution in [0.15, 0.2) is 0 Å². The molecule has 0 bridgehead atoms. The number of nitrogens with two attached hydrogens (primary N) is 1. The van der Waals surface area contributed by atoms with Crippen LogP contribution in [0, 0.1) is 5.92 Å². The third-order valence-corrected chi connectivity index (χ3v) is 6.46. The third kappa shape index (κ3) is 11.4. The molecule has 5 atom stereocenters. The van der Waals surface area contributed by atoms with E-state index in [2.05, 4.69) is 28.6 Å². The van der Waals surface area contributed by atoms with E-state index in [1.54, 1.807) is 18.7 Å². The Labute approximate surface area is 198 Å². The molecule has 0 aliphatic heterocycles. The summed E-state index contributed by atoms with van der Waals surface area (Å²) in [6.07, 6.45) is 5.25. The Morgan fingerprint density at radius 3 is 1.97 bits per heavy atom. The molecule has 0 aromatic heterocycles. The lowest BCUT2D eigenvalue weighted by Crippen LogP contribution is -2.59. The number of thiol groups is 1. The molecular formula is C19H36N4O5S3. The first-order valence-electron chi connectivity index (χ1n) is 10.1. The zero-order chi connectivity index (χ0) is 24.0. The number of hydrogen-bond donors (Lipinski definition) is 6. The molecule has 0 spiro atoms. The highest BCUT2D eigenvalue weighted by Crippen LogP contribution is 2.11. The van der Waals surface area contributed by atoms with Crippen molar-refractivity contribution in [2.45, 2.75) is 57.3 Å². The fourth-order valence-corrected chi connectivity index (χ4v) is 3.77. The first-order chi connectivity index (χ1) is 14.6. The van der Waals surface area contributed by atoms with Crippen molar-refractivity contribution in [3.05, 3.63) is 0 Å². The normalized spacial score (nSPS) is 15.8. The lowest BCUT2D eigenvalue weighted by atomic mass is 9.97. The predicted molar refractivity (Wildman–Crippen MR) is 131 cm³/mol. The van der Waals surface area contributed by atoms with E-state index in [4.69, 9.17) is 10.8 Å². The van der Waals surface area contributed by atoms with Crippen molar-refractivity contribution in [2.75, 3.05) is 29.8 Å². The zero-order valence-corrected chi connectivity index (χ0v) is 21.1. The van der Waals surface area contributed by atoms with Gasteiger partial charge in [-0.25, -0.2) is 4.79 Å². The molecule has 0 rings (SSSR count). The van der Waals surface area contributed by atoms with E-state index < -0.39 is 47.9 Å². The predicted octanol–water partition coefficient (Wildman–Crippen LogP) is 0.335. The summed E-state index contributed by atoms with van der Waals surface area (Å²) in [4.78, 5) is 49.3. The summed E-state index contributed by atoms with van der Waals surface area (Å²) in [6, 6.07) is -3.68. The molecule has 31 heavy (non-hydrogen) atoms. The molecule has 0 radical (unpaired) electrons. The van der Waals surface area contributed by atoms with Crippen LogP contribution in [0.4, 0.5) is 0 Å². The third-order valence-electron chi connectivity index (χ3n) is 4.80. The minimum atomic E-state index is -1.21. The standard InChI is InChI=1S/C19H36N4O5S3/c1-5-11(2)15(18(26)22-14(10-29)19(27)28)23-17(25)13(7-9-31-4)21-16(24)12(20)6-8-30-3/h11-15,29H,5-10,20H2,1-4H3,(H,21,24)(H,22,26)(H,23,25)(H,27,28). The molecule has 0 heterocycles. The summed E-state index contributed by atoms with van der Waals surface area (Å²) >= 11 is 7.05. The molecule has 0 saturated heterocycles. The largest absolute Gasteiger partial charge is 0.480 e. The summed E-state index contributed by atoms with van der Waals surface area (Å²) in [5, 5.41) is 17.0. The quantitative estimate of drug-likeness (QED) is 0.167. The van der Waals surface area contributed by atoms with Crippen LogP contribution >= 0.6 is 36.2 Å². The molecule has 0 aliphatic rings. The van der Waals surface area contributed by atoms with Crippen LogP contribution < -0.4 is 21.7 Å². The summed E-state index contributed by atoms with van der Waals surface area (Å²) in [5.74, 6) is -1.71. The van der Waals surface area contributed by atoms with Gasteiger partial charge in [-0.2, -0.15) is 36.2 Å². The van der Waals surface area contributed by atoms with E-state index in [0.29, 0.717) is 25.0 Å². The van der Waals surface area contributed by atoms with Crippen LogP contribution in [-0.4, -0.2) is 82.7 Å². The van der Waals surface area contributed by atoms with Gasteiger partial charge < -0.3 is 26.8 Å². The van der Waals surface area contributed by atoms with E-state index in [9.17, 15) is 19.2 Å².